The van der Waals surface area contributed by atoms with E-state index >= 15 is 0 Å². The van der Waals surface area contributed by atoms with Crippen LogP contribution in [0.25, 0.3) is 0 Å². The van der Waals surface area contributed by atoms with Gasteiger partial charge in [0.05, 0.1) is 0 Å². The van der Waals surface area contributed by atoms with Gasteiger partial charge in [-0.05, 0) is 19.1 Å². The molecule has 0 unspecified atom stereocenters. The molecule has 1 saturated heterocycles. The molecule has 1 aliphatic heterocycles. The van der Waals surface area contributed by atoms with Crippen molar-refractivity contribution in [3.63, 3.8) is 0 Å². The molecule has 2 heterocycles. The van der Waals surface area contributed by atoms with Gasteiger partial charge >= 0.3 is 0 Å². The number of hydrogen-bond acceptors (Lipinski definition) is 6. The zero-order valence-electron chi connectivity index (χ0n) is 15.4. The molecule has 1 N–H and O–H groups in total. The first-order valence-electron chi connectivity index (χ1n) is 9.01. The average molecular weight is 372 g/mol. The standard InChI is InChI=1S/C19H24N4O4/c1-15-13-17(21-27-15)20-18(24)7-8-22-9-11-23(12-10-22)19(25)14-26-16-5-3-2-4-6-16/h2-6,13H,7-12,14H2,1H3,(H,20,21,24). The van der Waals surface area contributed by atoms with E-state index in [1.807, 2.05) is 30.3 Å². The summed E-state index contributed by atoms with van der Waals surface area (Å²) in [5.41, 5.74) is 0. The van der Waals surface area contributed by atoms with E-state index in [0.717, 1.165) is 13.1 Å². The summed E-state index contributed by atoms with van der Waals surface area (Å²) in [5.74, 6) is 1.67. The number of carbonyl (C=O) groups excluding carboxylic acids is 2. The fourth-order valence-electron chi connectivity index (χ4n) is 2.86. The molecule has 0 bridgehead atoms. The van der Waals surface area contributed by atoms with Crippen molar-refractivity contribution in [2.75, 3.05) is 44.6 Å². The minimum atomic E-state index is -0.0990. The molecule has 27 heavy (non-hydrogen) atoms. The molecule has 0 spiro atoms. The number of piperazine rings is 1. The summed E-state index contributed by atoms with van der Waals surface area (Å²) in [5, 5.41) is 6.45. The lowest BCUT2D eigenvalue weighted by molar-refractivity contribution is -0.135. The Morgan fingerprint density at radius 1 is 1.19 bits per heavy atom. The van der Waals surface area contributed by atoms with Crippen LogP contribution in [0, 0.1) is 6.92 Å². The van der Waals surface area contributed by atoms with Gasteiger partial charge in [0.2, 0.25) is 5.91 Å². The van der Waals surface area contributed by atoms with E-state index in [4.69, 9.17) is 9.26 Å². The van der Waals surface area contributed by atoms with E-state index in [2.05, 4.69) is 15.4 Å². The molecule has 8 nitrogen and oxygen atoms in total. The Bertz CT molecular complexity index is 754. The molecule has 2 aromatic rings. The molecule has 2 amide bonds. The van der Waals surface area contributed by atoms with Crippen LogP contribution in [0.2, 0.25) is 0 Å². The van der Waals surface area contributed by atoms with Gasteiger partial charge in [0.15, 0.2) is 12.4 Å². The van der Waals surface area contributed by atoms with Crippen LogP contribution in [0.4, 0.5) is 5.82 Å². The van der Waals surface area contributed by atoms with Crippen molar-refractivity contribution in [3.05, 3.63) is 42.2 Å². The molecule has 1 aliphatic rings. The molecule has 0 atom stereocenters. The summed E-state index contributed by atoms with van der Waals surface area (Å²) in [4.78, 5) is 28.2. The highest BCUT2D eigenvalue weighted by Gasteiger charge is 2.21. The number of nitrogens with one attached hydrogen (secondary N) is 1. The molecule has 1 aromatic heterocycles. The van der Waals surface area contributed by atoms with E-state index in [0.29, 0.717) is 43.4 Å². The van der Waals surface area contributed by atoms with Crippen molar-refractivity contribution in [1.82, 2.24) is 15.0 Å². The van der Waals surface area contributed by atoms with Crippen LogP contribution >= 0.6 is 0 Å². The second-order valence-corrected chi connectivity index (χ2v) is 6.45. The number of aryl methyl sites for hydroxylation is 1. The van der Waals surface area contributed by atoms with Crippen molar-refractivity contribution < 1.29 is 18.8 Å². The van der Waals surface area contributed by atoms with E-state index in [1.54, 1.807) is 17.9 Å². The van der Waals surface area contributed by atoms with Gasteiger partial charge in [0.1, 0.15) is 11.5 Å². The van der Waals surface area contributed by atoms with E-state index in [-0.39, 0.29) is 18.4 Å². The van der Waals surface area contributed by atoms with Gasteiger partial charge < -0.3 is 19.5 Å². The van der Waals surface area contributed by atoms with Crippen molar-refractivity contribution in [2.24, 2.45) is 0 Å². The topological polar surface area (TPSA) is 87.9 Å². The Kier molecular flexibility index (Phi) is 6.43. The molecule has 144 valence electrons. The van der Waals surface area contributed by atoms with Crippen molar-refractivity contribution in [2.45, 2.75) is 13.3 Å². The Morgan fingerprint density at radius 3 is 2.59 bits per heavy atom. The summed E-state index contributed by atoms with van der Waals surface area (Å²) >= 11 is 0. The first-order chi connectivity index (χ1) is 13.1. The normalized spacial score (nSPS) is 14.8. The van der Waals surface area contributed by atoms with E-state index in [9.17, 15) is 9.59 Å². The molecule has 3 rings (SSSR count). The highest BCUT2D eigenvalue weighted by atomic mass is 16.5. The predicted octanol–water partition coefficient (Wildman–Crippen LogP) is 1.53. The maximum atomic E-state index is 12.3. The average Bonchev–Trinajstić information content (AvgIpc) is 3.10. The smallest absolute Gasteiger partial charge is 0.260 e. The highest BCUT2D eigenvalue weighted by molar-refractivity contribution is 5.89. The summed E-state index contributed by atoms with van der Waals surface area (Å²) in [6.07, 6.45) is 0.372. The third kappa shape index (κ3) is 5.82. The maximum Gasteiger partial charge on any atom is 0.260 e. The van der Waals surface area contributed by atoms with Gasteiger partial charge in [-0.15, -0.1) is 0 Å². The van der Waals surface area contributed by atoms with E-state index < -0.39 is 0 Å². The largest absolute Gasteiger partial charge is 0.484 e. The minimum absolute atomic E-state index is 0.0161. The Balaban J connectivity index is 1.33. The van der Waals surface area contributed by atoms with Gasteiger partial charge in [0, 0.05) is 45.2 Å². The summed E-state index contributed by atoms with van der Waals surface area (Å²) in [7, 11) is 0. The number of benzene rings is 1. The Hall–Kier alpha value is -2.87. The zero-order chi connectivity index (χ0) is 19.1. The third-order valence-corrected chi connectivity index (χ3v) is 4.38. The van der Waals surface area contributed by atoms with Crippen molar-refractivity contribution in [1.29, 1.82) is 0 Å². The fourth-order valence-corrected chi connectivity index (χ4v) is 2.86. The van der Waals surface area contributed by atoms with Gasteiger partial charge in [0.25, 0.3) is 5.91 Å². The van der Waals surface area contributed by atoms with Crippen LogP contribution in [0.1, 0.15) is 12.2 Å². The second-order valence-electron chi connectivity index (χ2n) is 6.45. The zero-order valence-corrected chi connectivity index (χ0v) is 15.4. The number of ether oxygens (including phenoxy) is 1. The van der Waals surface area contributed by atoms with Crippen LogP contribution < -0.4 is 10.1 Å². The van der Waals surface area contributed by atoms with Gasteiger partial charge in [-0.2, -0.15) is 0 Å². The lowest BCUT2D eigenvalue weighted by atomic mass is 10.2. The quantitative estimate of drug-likeness (QED) is 0.793. The van der Waals surface area contributed by atoms with Crippen LogP contribution in [0.3, 0.4) is 0 Å². The molecule has 0 aliphatic carbocycles. The molecular weight excluding hydrogens is 348 g/mol. The highest BCUT2D eigenvalue weighted by Crippen LogP contribution is 2.10. The molecular formula is C19H24N4O4. The number of para-hydroxylation sites is 1. The van der Waals surface area contributed by atoms with Gasteiger partial charge in [-0.3, -0.25) is 14.5 Å². The predicted molar refractivity (Wildman–Crippen MR) is 99.4 cm³/mol. The lowest BCUT2D eigenvalue weighted by Crippen LogP contribution is -2.50. The summed E-state index contributed by atoms with van der Waals surface area (Å²) in [6.45, 7) is 5.23. The fraction of sp³-hybridized carbons (Fsp3) is 0.421. The number of amides is 2. The number of nitrogens with zero attached hydrogens (tertiary/aromatic N) is 3. The van der Waals surface area contributed by atoms with Crippen LogP contribution in [-0.4, -0.2) is 66.1 Å². The number of anilines is 1. The third-order valence-electron chi connectivity index (χ3n) is 4.38. The second kappa shape index (κ2) is 9.18. The number of carbonyl (C=O) groups is 2. The molecule has 8 heteroatoms. The minimum Gasteiger partial charge on any atom is -0.484 e. The maximum absolute atomic E-state index is 12.3. The van der Waals surface area contributed by atoms with Gasteiger partial charge in [-0.25, -0.2) is 0 Å². The van der Waals surface area contributed by atoms with Gasteiger partial charge in [-0.1, -0.05) is 23.4 Å². The summed E-state index contributed by atoms with van der Waals surface area (Å²) in [6, 6.07) is 11.0. The monoisotopic (exact) mass is 372 g/mol. The van der Waals surface area contributed by atoms with E-state index in [1.165, 1.54) is 0 Å². The number of hydrogen-bond donors (Lipinski definition) is 1. The first kappa shape index (κ1) is 18.9. The molecule has 0 radical (unpaired) electrons. The van der Waals surface area contributed by atoms with Crippen molar-refractivity contribution >= 4 is 17.6 Å². The van der Waals surface area contributed by atoms with Crippen LogP contribution in [-0.2, 0) is 9.59 Å². The molecule has 0 saturated carbocycles. The van der Waals surface area contributed by atoms with Crippen LogP contribution in [0.15, 0.2) is 40.9 Å². The number of aromatic nitrogens is 1. The number of rotatable bonds is 7. The molecule has 1 fully saturated rings. The van der Waals surface area contributed by atoms with Crippen LogP contribution in [0.5, 0.6) is 5.75 Å². The van der Waals surface area contributed by atoms with Crippen molar-refractivity contribution in [3.8, 4) is 5.75 Å². The lowest BCUT2D eigenvalue weighted by Gasteiger charge is -2.34. The summed E-state index contributed by atoms with van der Waals surface area (Å²) < 4.78 is 10.4. The first-order valence-corrected chi connectivity index (χ1v) is 9.01. The Morgan fingerprint density at radius 2 is 1.93 bits per heavy atom. The molecule has 1 aromatic carbocycles. The Labute approximate surface area is 158 Å². The SMILES string of the molecule is Cc1cc(NC(=O)CCN2CCN(C(=O)COc3ccccc3)CC2)no1.